The van der Waals surface area contributed by atoms with E-state index in [2.05, 4.69) is 45.2 Å². The zero-order valence-electron chi connectivity index (χ0n) is 22.6. The molecule has 0 bridgehead atoms. The number of aromatic nitrogens is 1. The lowest BCUT2D eigenvalue weighted by Crippen LogP contribution is -2.40. The summed E-state index contributed by atoms with van der Waals surface area (Å²) in [4.78, 5) is 32.5. The van der Waals surface area contributed by atoms with Crippen LogP contribution in [-0.4, -0.2) is 29.4 Å². The van der Waals surface area contributed by atoms with E-state index < -0.39 is 12.0 Å². The van der Waals surface area contributed by atoms with Crippen molar-refractivity contribution in [2.45, 2.75) is 59.8 Å². The normalized spacial score (nSPS) is 15.4. The van der Waals surface area contributed by atoms with E-state index in [4.69, 9.17) is 19.2 Å². The van der Waals surface area contributed by atoms with Gasteiger partial charge in [-0.3, -0.25) is 9.36 Å². The minimum absolute atomic E-state index is 0.0285. The topological polar surface area (TPSA) is 79.1 Å². The average molecular weight is 772 g/mol. The molecule has 0 radical (unpaired) electrons. The largest absolute Gasteiger partial charge is 0.491 e. The summed E-state index contributed by atoms with van der Waals surface area (Å²) in [5, 5.41) is 0. The van der Waals surface area contributed by atoms with Crippen LogP contribution < -0.4 is 24.4 Å². The van der Waals surface area contributed by atoms with Crippen molar-refractivity contribution >= 4 is 68.6 Å². The second-order valence-corrected chi connectivity index (χ2v) is 12.9. The third-order valence-electron chi connectivity index (χ3n) is 5.77. The Kier molecular flexibility index (Phi) is 9.58. The summed E-state index contributed by atoms with van der Waals surface area (Å²) in [6.45, 7) is 11.6. The minimum atomic E-state index is -0.750. The molecule has 3 aromatic rings. The molecular formula is C29H30I2N2O5S. The van der Waals surface area contributed by atoms with Gasteiger partial charge < -0.3 is 14.2 Å². The van der Waals surface area contributed by atoms with E-state index >= 15 is 0 Å². The van der Waals surface area contributed by atoms with E-state index in [1.807, 2.05) is 70.2 Å². The molecule has 0 fully saturated rings. The van der Waals surface area contributed by atoms with Gasteiger partial charge in [0.05, 0.1) is 38.2 Å². The number of carbonyl (C=O) groups is 1. The molecule has 0 N–H and O–H groups in total. The van der Waals surface area contributed by atoms with Gasteiger partial charge in [-0.05, 0) is 111 Å². The van der Waals surface area contributed by atoms with Gasteiger partial charge in [0.2, 0.25) is 0 Å². The van der Waals surface area contributed by atoms with Crippen LogP contribution in [-0.2, 0) is 9.53 Å². The van der Waals surface area contributed by atoms with Crippen molar-refractivity contribution in [3.05, 3.63) is 85.6 Å². The molecule has 0 saturated heterocycles. The summed E-state index contributed by atoms with van der Waals surface area (Å²) in [7, 11) is 0. The summed E-state index contributed by atoms with van der Waals surface area (Å²) in [5.41, 5.74) is 2.10. The maximum absolute atomic E-state index is 14.1. The van der Waals surface area contributed by atoms with Gasteiger partial charge in [-0.2, -0.15) is 0 Å². The van der Waals surface area contributed by atoms with Gasteiger partial charge in [0.25, 0.3) is 5.56 Å². The number of halogens is 2. The van der Waals surface area contributed by atoms with Crippen LogP contribution in [0.15, 0.2) is 57.5 Å². The van der Waals surface area contributed by atoms with Gasteiger partial charge in [0, 0.05) is 14.7 Å². The molecule has 0 aliphatic carbocycles. The lowest BCUT2D eigenvalue weighted by Gasteiger charge is -2.26. The number of hydrogen-bond donors (Lipinski definition) is 0. The highest BCUT2D eigenvalue weighted by Gasteiger charge is 2.35. The van der Waals surface area contributed by atoms with Crippen molar-refractivity contribution < 1.29 is 19.0 Å². The zero-order chi connectivity index (χ0) is 28.4. The highest BCUT2D eigenvalue weighted by molar-refractivity contribution is 14.1. The minimum Gasteiger partial charge on any atom is -0.491 e. The molecule has 2 aromatic carbocycles. The SMILES string of the molecule is CCOC(=O)C1=C(C)N=c2s/c(=C\c3cc(I)cc(I)c3OC(C)C)c(=O)n2[C@H]1c1ccccc1OC(C)C. The lowest BCUT2D eigenvalue weighted by molar-refractivity contribution is -0.139. The van der Waals surface area contributed by atoms with Crippen molar-refractivity contribution in [1.29, 1.82) is 0 Å². The van der Waals surface area contributed by atoms with Gasteiger partial charge in [-0.15, -0.1) is 0 Å². The molecule has 10 heteroatoms. The maximum Gasteiger partial charge on any atom is 0.338 e. The summed E-state index contributed by atoms with van der Waals surface area (Å²) in [5.74, 6) is 0.827. The Bertz CT molecular complexity index is 1620. The number of fused-ring (bicyclic) bond motifs is 1. The third kappa shape index (κ3) is 6.43. The molecular weight excluding hydrogens is 742 g/mol. The number of nitrogens with zero attached hydrogens (tertiary/aromatic N) is 2. The highest BCUT2D eigenvalue weighted by atomic mass is 127. The van der Waals surface area contributed by atoms with Crippen LogP contribution in [0.5, 0.6) is 11.5 Å². The average Bonchev–Trinajstić information content (AvgIpc) is 3.14. The van der Waals surface area contributed by atoms with E-state index in [0.29, 0.717) is 31.9 Å². The van der Waals surface area contributed by atoms with Gasteiger partial charge in [0.15, 0.2) is 4.80 Å². The van der Waals surface area contributed by atoms with Crippen LogP contribution in [0.3, 0.4) is 0 Å². The van der Waals surface area contributed by atoms with Crippen LogP contribution in [0.25, 0.3) is 6.08 Å². The number of hydrogen-bond acceptors (Lipinski definition) is 7. The standard InChI is InChI=1S/C29H30I2N2O5S/c1-7-36-28(35)24-17(6)32-29-33(25(24)20-10-8-9-11-22(20)37-15(2)3)27(34)23(39-29)13-18-12-19(30)14-21(31)26(18)38-16(4)5/h8-16,25H,7H2,1-6H3/b23-13-/t25-/m0/s1. The van der Waals surface area contributed by atoms with E-state index in [0.717, 1.165) is 18.5 Å². The fourth-order valence-electron chi connectivity index (χ4n) is 4.34. The molecule has 1 aromatic heterocycles. The molecule has 39 heavy (non-hydrogen) atoms. The monoisotopic (exact) mass is 772 g/mol. The smallest absolute Gasteiger partial charge is 0.338 e. The summed E-state index contributed by atoms with van der Waals surface area (Å²) in [6, 6.07) is 10.8. The molecule has 2 heterocycles. The molecule has 206 valence electrons. The van der Waals surface area contributed by atoms with Gasteiger partial charge >= 0.3 is 5.97 Å². The Morgan fingerprint density at radius 2 is 1.82 bits per heavy atom. The van der Waals surface area contributed by atoms with Crippen LogP contribution in [0.4, 0.5) is 0 Å². The van der Waals surface area contributed by atoms with Crippen molar-refractivity contribution in [3.8, 4) is 11.5 Å². The Morgan fingerprint density at radius 3 is 2.49 bits per heavy atom. The Morgan fingerprint density at radius 1 is 1.13 bits per heavy atom. The molecule has 0 amide bonds. The fraction of sp³-hybridized carbons (Fsp3) is 0.345. The molecule has 4 rings (SSSR count). The second-order valence-electron chi connectivity index (χ2n) is 9.48. The number of ether oxygens (including phenoxy) is 3. The van der Waals surface area contributed by atoms with Gasteiger partial charge in [0.1, 0.15) is 17.5 Å². The first-order valence-corrected chi connectivity index (χ1v) is 15.6. The molecule has 1 atom stereocenters. The Hall–Kier alpha value is -2.19. The number of allylic oxidation sites excluding steroid dienone is 1. The zero-order valence-corrected chi connectivity index (χ0v) is 27.7. The van der Waals surface area contributed by atoms with E-state index in [1.165, 1.54) is 11.3 Å². The van der Waals surface area contributed by atoms with Crippen LogP contribution in [0.1, 0.15) is 58.7 Å². The molecule has 0 unspecified atom stereocenters. The van der Waals surface area contributed by atoms with Crippen LogP contribution >= 0.6 is 56.5 Å². The van der Waals surface area contributed by atoms with E-state index in [9.17, 15) is 9.59 Å². The van der Waals surface area contributed by atoms with Gasteiger partial charge in [-0.25, -0.2) is 9.79 Å². The predicted molar refractivity (Wildman–Crippen MR) is 170 cm³/mol. The number of esters is 1. The number of para-hydroxylation sites is 1. The molecule has 1 aliphatic heterocycles. The van der Waals surface area contributed by atoms with E-state index in [-0.39, 0.29) is 24.4 Å². The first-order valence-electron chi connectivity index (χ1n) is 12.6. The number of carbonyl (C=O) groups excluding carboxylic acids is 1. The number of benzene rings is 2. The Balaban J connectivity index is 2.00. The van der Waals surface area contributed by atoms with Crippen molar-refractivity contribution in [2.75, 3.05) is 6.61 Å². The first-order chi connectivity index (χ1) is 18.5. The third-order valence-corrected chi connectivity index (χ3v) is 8.18. The first kappa shape index (κ1) is 29.8. The summed E-state index contributed by atoms with van der Waals surface area (Å²) < 4.78 is 21.7. The summed E-state index contributed by atoms with van der Waals surface area (Å²) >= 11 is 5.81. The molecule has 0 spiro atoms. The van der Waals surface area contributed by atoms with Crippen molar-refractivity contribution in [1.82, 2.24) is 4.57 Å². The van der Waals surface area contributed by atoms with Crippen molar-refractivity contribution in [3.63, 3.8) is 0 Å². The predicted octanol–water partition coefficient (Wildman–Crippen LogP) is 5.58. The fourth-order valence-corrected chi connectivity index (χ4v) is 7.40. The van der Waals surface area contributed by atoms with E-state index in [1.54, 1.807) is 18.4 Å². The molecule has 0 saturated carbocycles. The lowest BCUT2D eigenvalue weighted by atomic mass is 9.95. The summed E-state index contributed by atoms with van der Waals surface area (Å²) in [6.07, 6.45) is 1.72. The number of thiazole rings is 1. The quantitative estimate of drug-likeness (QED) is 0.221. The van der Waals surface area contributed by atoms with Crippen LogP contribution in [0.2, 0.25) is 0 Å². The van der Waals surface area contributed by atoms with Crippen LogP contribution in [0, 0.1) is 7.14 Å². The molecule has 7 nitrogen and oxygen atoms in total. The van der Waals surface area contributed by atoms with Gasteiger partial charge in [-0.1, -0.05) is 29.5 Å². The highest BCUT2D eigenvalue weighted by Crippen LogP contribution is 2.36. The Labute approximate surface area is 258 Å². The van der Waals surface area contributed by atoms with Crippen molar-refractivity contribution in [2.24, 2.45) is 4.99 Å². The second kappa shape index (κ2) is 12.5. The molecule has 1 aliphatic rings. The number of rotatable bonds is 8. The maximum atomic E-state index is 14.1.